The molecule has 0 fully saturated rings. The molecule has 1 atom stereocenters. The lowest BCUT2D eigenvalue weighted by molar-refractivity contribution is -0.139. The summed E-state index contributed by atoms with van der Waals surface area (Å²) in [5.74, 6) is -0.119. The molecule has 0 radical (unpaired) electrons. The van der Waals surface area contributed by atoms with Crippen LogP contribution >= 0.6 is 22.6 Å². The molecule has 0 amide bonds. The van der Waals surface area contributed by atoms with Gasteiger partial charge in [-0.25, -0.2) is 0 Å². The average Bonchev–Trinajstić information content (AvgIpc) is 2.30. The van der Waals surface area contributed by atoms with Gasteiger partial charge in [-0.2, -0.15) is 0 Å². The van der Waals surface area contributed by atoms with E-state index in [4.69, 9.17) is 4.74 Å². The second-order valence-corrected chi connectivity index (χ2v) is 5.82. The Balaban J connectivity index is 2.43. The van der Waals surface area contributed by atoms with Gasteiger partial charge in [-0.3, -0.25) is 4.79 Å². The highest BCUT2D eigenvalue weighted by molar-refractivity contribution is 14.1. The minimum Gasteiger partial charge on any atom is -0.468 e. The number of carbonyl (C=O) groups is 1. The van der Waals surface area contributed by atoms with Crippen LogP contribution in [0.3, 0.4) is 0 Å². The van der Waals surface area contributed by atoms with E-state index in [0.717, 1.165) is 19.3 Å². The molecule has 1 aromatic carbocycles. The fourth-order valence-corrected chi connectivity index (χ4v) is 2.54. The van der Waals surface area contributed by atoms with E-state index in [1.807, 2.05) is 0 Å². The van der Waals surface area contributed by atoms with Crippen LogP contribution in [0.25, 0.3) is 0 Å². The summed E-state index contributed by atoms with van der Waals surface area (Å²) in [6.07, 6.45) is 2.93. The second kappa shape index (κ2) is 6.99. The standard InChI is InChI=1S/C14H19IO2/c1-10-7-8-12(11(2)9-10)5-4-6-13(15)14(16)17-3/h7-9,13H,4-6H2,1-3H3. The van der Waals surface area contributed by atoms with Gasteiger partial charge in [0.05, 0.1) is 7.11 Å². The number of aryl methyl sites for hydroxylation is 3. The van der Waals surface area contributed by atoms with Crippen molar-refractivity contribution in [2.45, 2.75) is 37.0 Å². The molecule has 0 saturated carbocycles. The van der Waals surface area contributed by atoms with Gasteiger partial charge in [-0.15, -0.1) is 0 Å². The van der Waals surface area contributed by atoms with E-state index in [9.17, 15) is 4.79 Å². The maximum atomic E-state index is 11.2. The fourth-order valence-electron chi connectivity index (χ4n) is 1.84. The van der Waals surface area contributed by atoms with Crippen LogP contribution in [0.2, 0.25) is 0 Å². The second-order valence-electron chi connectivity index (χ2n) is 4.31. The Morgan fingerprint density at radius 1 is 1.41 bits per heavy atom. The first-order chi connectivity index (χ1) is 8.04. The Morgan fingerprint density at radius 2 is 2.12 bits per heavy atom. The van der Waals surface area contributed by atoms with Gasteiger partial charge in [0.1, 0.15) is 3.92 Å². The first-order valence-electron chi connectivity index (χ1n) is 5.82. The molecule has 0 saturated heterocycles. The number of hydrogen-bond acceptors (Lipinski definition) is 2. The van der Waals surface area contributed by atoms with E-state index < -0.39 is 0 Å². The van der Waals surface area contributed by atoms with E-state index in [1.165, 1.54) is 23.8 Å². The normalized spacial score (nSPS) is 12.2. The molecule has 0 bridgehead atoms. The van der Waals surface area contributed by atoms with Crippen LogP contribution in [-0.2, 0) is 16.0 Å². The highest BCUT2D eigenvalue weighted by Gasteiger charge is 2.14. The topological polar surface area (TPSA) is 26.3 Å². The Morgan fingerprint density at radius 3 is 2.71 bits per heavy atom. The van der Waals surface area contributed by atoms with Gasteiger partial charge in [-0.1, -0.05) is 46.4 Å². The zero-order valence-corrected chi connectivity index (χ0v) is 12.8. The molecule has 0 aliphatic heterocycles. The third-order valence-corrected chi connectivity index (χ3v) is 3.99. The predicted octanol–water partition coefficient (Wildman–Crippen LogP) is 3.60. The summed E-state index contributed by atoms with van der Waals surface area (Å²) in [6.45, 7) is 4.25. The van der Waals surface area contributed by atoms with Crippen LogP contribution in [-0.4, -0.2) is 17.0 Å². The lowest BCUT2D eigenvalue weighted by atomic mass is 10.0. The van der Waals surface area contributed by atoms with E-state index in [0.29, 0.717) is 0 Å². The number of esters is 1. The quantitative estimate of drug-likeness (QED) is 0.463. The van der Waals surface area contributed by atoms with Crippen LogP contribution in [0.4, 0.5) is 0 Å². The van der Waals surface area contributed by atoms with Crippen molar-refractivity contribution in [3.8, 4) is 0 Å². The number of alkyl halides is 1. The van der Waals surface area contributed by atoms with Crippen molar-refractivity contribution < 1.29 is 9.53 Å². The summed E-state index contributed by atoms with van der Waals surface area (Å²) in [7, 11) is 1.44. The van der Waals surface area contributed by atoms with Gasteiger partial charge >= 0.3 is 5.97 Å². The molecular weight excluding hydrogens is 327 g/mol. The van der Waals surface area contributed by atoms with Gasteiger partial charge in [-0.05, 0) is 44.2 Å². The highest BCUT2D eigenvalue weighted by Crippen LogP contribution is 2.16. The summed E-state index contributed by atoms with van der Waals surface area (Å²) >= 11 is 2.15. The molecule has 17 heavy (non-hydrogen) atoms. The molecule has 0 spiro atoms. The number of methoxy groups -OCH3 is 1. The minimum atomic E-state index is -0.119. The Hall–Kier alpha value is -0.580. The number of carbonyl (C=O) groups excluding carboxylic acids is 1. The van der Waals surface area contributed by atoms with Crippen molar-refractivity contribution in [2.75, 3.05) is 7.11 Å². The molecule has 0 heterocycles. The van der Waals surface area contributed by atoms with Gasteiger partial charge in [0.2, 0.25) is 0 Å². The van der Waals surface area contributed by atoms with Crippen molar-refractivity contribution in [3.63, 3.8) is 0 Å². The molecule has 0 N–H and O–H groups in total. The smallest absolute Gasteiger partial charge is 0.318 e. The first-order valence-corrected chi connectivity index (χ1v) is 7.07. The molecular formula is C14H19IO2. The Labute approximate surface area is 117 Å². The zero-order valence-electron chi connectivity index (χ0n) is 10.6. The Bertz CT molecular complexity index is 388. The molecule has 2 nitrogen and oxygen atoms in total. The van der Waals surface area contributed by atoms with Gasteiger partial charge < -0.3 is 4.74 Å². The summed E-state index contributed by atoms with van der Waals surface area (Å²) < 4.78 is 4.68. The Kier molecular flexibility index (Phi) is 5.95. The molecule has 0 aliphatic carbocycles. The van der Waals surface area contributed by atoms with Crippen LogP contribution in [0.15, 0.2) is 18.2 Å². The molecule has 3 heteroatoms. The molecule has 1 aromatic rings. The van der Waals surface area contributed by atoms with E-state index in [-0.39, 0.29) is 9.89 Å². The van der Waals surface area contributed by atoms with Gasteiger partial charge in [0, 0.05) is 0 Å². The number of ether oxygens (including phenoxy) is 1. The van der Waals surface area contributed by atoms with E-state index in [2.05, 4.69) is 54.6 Å². The lowest BCUT2D eigenvalue weighted by Crippen LogP contribution is -2.15. The van der Waals surface area contributed by atoms with Crippen molar-refractivity contribution in [2.24, 2.45) is 0 Å². The molecule has 1 unspecified atom stereocenters. The fraction of sp³-hybridized carbons (Fsp3) is 0.500. The largest absolute Gasteiger partial charge is 0.468 e. The number of hydrogen-bond donors (Lipinski definition) is 0. The number of rotatable bonds is 5. The highest BCUT2D eigenvalue weighted by atomic mass is 127. The molecule has 94 valence electrons. The zero-order chi connectivity index (χ0) is 12.8. The lowest BCUT2D eigenvalue weighted by Gasteiger charge is -2.09. The summed E-state index contributed by atoms with van der Waals surface area (Å²) in [5, 5.41) is 0. The predicted molar refractivity (Wildman–Crippen MR) is 78.7 cm³/mol. The molecule has 1 rings (SSSR count). The van der Waals surface area contributed by atoms with Gasteiger partial charge in [0.25, 0.3) is 0 Å². The van der Waals surface area contributed by atoms with Crippen LogP contribution in [0, 0.1) is 13.8 Å². The SMILES string of the molecule is COC(=O)C(I)CCCc1ccc(C)cc1C. The van der Waals surface area contributed by atoms with Crippen LogP contribution < -0.4 is 0 Å². The van der Waals surface area contributed by atoms with Crippen LogP contribution in [0.1, 0.15) is 29.5 Å². The molecule has 0 aliphatic rings. The minimum absolute atomic E-state index is 0.0247. The summed E-state index contributed by atoms with van der Waals surface area (Å²) in [4.78, 5) is 11.2. The van der Waals surface area contributed by atoms with E-state index in [1.54, 1.807) is 0 Å². The number of halogens is 1. The average molecular weight is 346 g/mol. The van der Waals surface area contributed by atoms with Crippen molar-refractivity contribution >= 4 is 28.6 Å². The maximum Gasteiger partial charge on any atom is 0.318 e. The maximum absolute atomic E-state index is 11.2. The van der Waals surface area contributed by atoms with Crippen molar-refractivity contribution in [1.29, 1.82) is 0 Å². The van der Waals surface area contributed by atoms with Crippen molar-refractivity contribution in [1.82, 2.24) is 0 Å². The monoisotopic (exact) mass is 346 g/mol. The summed E-state index contributed by atoms with van der Waals surface area (Å²) in [5.41, 5.74) is 4.02. The van der Waals surface area contributed by atoms with Crippen molar-refractivity contribution in [3.05, 3.63) is 34.9 Å². The third kappa shape index (κ3) is 4.66. The van der Waals surface area contributed by atoms with Gasteiger partial charge in [0.15, 0.2) is 0 Å². The van der Waals surface area contributed by atoms with Crippen LogP contribution in [0.5, 0.6) is 0 Å². The first kappa shape index (κ1) is 14.5. The number of benzene rings is 1. The third-order valence-electron chi connectivity index (χ3n) is 2.86. The summed E-state index contributed by atoms with van der Waals surface area (Å²) in [6, 6.07) is 6.53. The molecule has 0 aromatic heterocycles. The van der Waals surface area contributed by atoms with E-state index >= 15 is 0 Å².